The van der Waals surface area contributed by atoms with Gasteiger partial charge in [0.25, 0.3) is 5.91 Å². The van der Waals surface area contributed by atoms with Crippen molar-refractivity contribution in [2.45, 2.75) is 32.2 Å². The fourth-order valence-electron chi connectivity index (χ4n) is 4.25. The van der Waals surface area contributed by atoms with E-state index < -0.39 is 21.8 Å². The van der Waals surface area contributed by atoms with Gasteiger partial charge in [-0.05, 0) is 61.6 Å². The summed E-state index contributed by atoms with van der Waals surface area (Å²) in [7, 11) is -3.65. The van der Waals surface area contributed by atoms with Crippen molar-refractivity contribution in [1.29, 1.82) is 0 Å². The summed E-state index contributed by atoms with van der Waals surface area (Å²) >= 11 is 1.70. The van der Waals surface area contributed by atoms with Gasteiger partial charge in [0, 0.05) is 17.0 Å². The van der Waals surface area contributed by atoms with E-state index in [1.807, 2.05) is 6.07 Å². The molecule has 2 amide bonds. The molecule has 0 saturated carbocycles. The summed E-state index contributed by atoms with van der Waals surface area (Å²) in [5.41, 5.74) is 0.708. The quantitative estimate of drug-likeness (QED) is 0.715. The number of thiophene rings is 1. The summed E-state index contributed by atoms with van der Waals surface area (Å²) < 4.78 is 25.4. The summed E-state index contributed by atoms with van der Waals surface area (Å²) in [6.45, 7) is 4.18. The molecule has 2 aliphatic heterocycles. The van der Waals surface area contributed by atoms with Gasteiger partial charge in [0.05, 0.1) is 23.4 Å². The van der Waals surface area contributed by atoms with Crippen molar-refractivity contribution >= 4 is 38.9 Å². The fourth-order valence-corrected chi connectivity index (χ4v) is 6.93. The monoisotopic (exact) mass is 461 g/mol. The summed E-state index contributed by atoms with van der Waals surface area (Å²) in [5, 5.41) is 5.09. The van der Waals surface area contributed by atoms with Gasteiger partial charge in [-0.15, -0.1) is 11.3 Å². The highest BCUT2D eigenvalue weighted by Crippen LogP contribution is 2.29. The number of sulfonamides is 1. The van der Waals surface area contributed by atoms with Crippen LogP contribution in [0.2, 0.25) is 0 Å². The standard InChI is InChI=1S/C22H27N3O4S2/c1-16-15-31(28,29)25(22(16)27)18-9-7-17(8-10-18)21(26)23-14-19(20-6-5-13-30-20)24-11-3-2-4-12-24/h5-10,13,16,19H,2-4,11-12,14-15H2,1H3,(H,23,26). The summed E-state index contributed by atoms with van der Waals surface area (Å²) in [6.07, 6.45) is 3.60. The third kappa shape index (κ3) is 4.68. The molecule has 31 heavy (non-hydrogen) atoms. The molecule has 3 heterocycles. The summed E-state index contributed by atoms with van der Waals surface area (Å²) in [5.74, 6) is -1.39. The third-order valence-electron chi connectivity index (χ3n) is 5.88. The molecule has 2 aromatic rings. The number of nitrogens with zero attached hydrogens (tertiary/aromatic N) is 2. The van der Waals surface area contributed by atoms with Crippen LogP contribution in [0.3, 0.4) is 0 Å². The minimum absolute atomic E-state index is 0.150. The first-order valence-electron chi connectivity index (χ1n) is 10.6. The second kappa shape index (κ2) is 9.10. The number of benzene rings is 1. The molecule has 166 valence electrons. The lowest BCUT2D eigenvalue weighted by atomic mass is 10.1. The molecule has 4 rings (SSSR count). The minimum atomic E-state index is -3.65. The van der Waals surface area contributed by atoms with E-state index in [0.29, 0.717) is 12.1 Å². The van der Waals surface area contributed by atoms with E-state index in [9.17, 15) is 18.0 Å². The van der Waals surface area contributed by atoms with Gasteiger partial charge in [0.1, 0.15) is 0 Å². The van der Waals surface area contributed by atoms with Crippen LogP contribution >= 0.6 is 11.3 Å². The largest absolute Gasteiger partial charge is 0.350 e. The molecular weight excluding hydrogens is 434 g/mol. The number of carbonyl (C=O) groups is 2. The predicted octanol–water partition coefficient (Wildman–Crippen LogP) is 3.02. The van der Waals surface area contributed by atoms with Crippen LogP contribution in [0.5, 0.6) is 0 Å². The van der Waals surface area contributed by atoms with Crippen LogP contribution < -0.4 is 9.62 Å². The first-order chi connectivity index (χ1) is 14.9. The van der Waals surface area contributed by atoms with Gasteiger partial charge in [0.15, 0.2) is 0 Å². The molecule has 0 aliphatic carbocycles. The number of carbonyl (C=O) groups excluding carboxylic acids is 2. The second-order valence-corrected chi connectivity index (χ2v) is 11.0. The van der Waals surface area contributed by atoms with Crippen LogP contribution in [-0.2, 0) is 14.8 Å². The lowest BCUT2D eigenvalue weighted by Gasteiger charge is -2.34. The minimum Gasteiger partial charge on any atom is -0.350 e. The van der Waals surface area contributed by atoms with Crippen molar-refractivity contribution in [3.05, 3.63) is 52.2 Å². The highest BCUT2D eigenvalue weighted by atomic mass is 32.2. The number of anilines is 1. The average Bonchev–Trinajstić information content (AvgIpc) is 3.35. The normalized spacial score (nSPS) is 22.4. The molecule has 2 unspecified atom stereocenters. The number of nitrogens with one attached hydrogen (secondary N) is 1. The van der Waals surface area contributed by atoms with E-state index in [1.54, 1.807) is 30.4 Å². The number of hydrogen-bond donors (Lipinski definition) is 1. The molecule has 0 spiro atoms. The van der Waals surface area contributed by atoms with Gasteiger partial charge in [-0.3, -0.25) is 14.5 Å². The molecule has 9 heteroatoms. The zero-order valence-electron chi connectivity index (χ0n) is 17.5. The third-order valence-corrected chi connectivity index (χ3v) is 8.73. The molecule has 7 nitrogen and oxygen atoms in total. The van der Waals surface area contributed by atoms with Gasteiger partial charge >= 0.3 is 0 Å². The van der Waals surface area contributed by atoms with Crippen molar-refractivity contribution < 1.29 is 18.0 Å². The Labute approximate surface area is 187 Å². The van der Waals surface area contributed by atoms with Crippen molar-refractivity contribution in [3.8, 4) is 0 Å². The Hall–Kier alpha value is -2.23. The second-order valence-electron chi connectivity index (χ2n) is 8.17. The topological polar surface area (TPSA) is 86.8 Å². The van der Waals surface area contributed by atoms with E-state index in [0.717, 1.165) is 17.4 Å². The Kier molecular flexibility index (Phi) is 6.45. The lowest BCUT2D eigenvalue weighted by molar-refractivity contribution is -0.119. The predicted molar refractivity (Wildman–Crippen MR) is 122 cm³/mol. The maximum Gasteiger partial charge on any atom is 0.251 e. The molecule has 2 aliphatic rings. The molecule has 0 radical (unpaired) electrons. The van der Waals surface area contributed by atoms with Crippen LogP contribution in [0.4, 0.5) is 5.69 Å². The number of amides is 2. The molecule has 1 N–H and O–H groups in total. The van der Waals surface area contributed by atoms with E-state index in [-0.39, 0.29) is 23.4 Å². The summed E-state index contributed by atoms with van der Waals surface area (Å²) in [6, 6.07) is 10.5. The molecule has 0 bridgehead atoms. The van der Waals surface area contributed by atoms with Crippen molar-refractivity contribution in [2.24, 2.45) is 5.92 Å². The maximum atomic E-state index is 12.8. The zero-order valence-corrected chi connectivity index (χ0v) is 19.1. The van der Waals surface area contributed by atoms with Gasteiger partial charge in [-0.1, -0.05) is 19.4 Å². The van der Waals surface area contributed by atoms with Crippen molar-refractivity contribution in [1.82, 2.24) is 10.2 Å². The lowest BCUT2D eigenvalue weighted by Crippen LogP contribution is -2.40. The maximum absolute atomic E-state index is 12.8. The Morgan fingerprint density at radius 1 is 1.16 bits per heavy atom. The number of likely N-dealkylation sites (tertiary alicyclic amines) is 1. The van der Waals surface area contributed by atoms with E-state index in [4.69, 9.17) is 0 Å². The SMILES string of the molecule is CC1CS(=O)(=O)N(c2ccc(C(=O)NCC(c3cccs3)N3CCCCC3)cc2)C1=O. The van der Waals surface area contributed by atoms with E-state index in [2.05, 4.69) is 21.7 Å². The molecule has 2 saturated heterocycles. The molecule has 1 aromatic carbocycles. The first-order valence-corrected chi connectivity index (χ1v) is 13.1. The van der Waals surface area contributed by atoms with Gasteiger partial charge in [0.2, 0.25) is 15.9 Å². The van der Waals surface area contributed by atoms with Crippen LogP contribution in [0.25, 0.3) is 0 Å². The number of piperidine rings is 1. The molecule has 2 fully saturated rings. The number of rotatable bonds is 6. The van der Waals surface area contributed by atoms with Gasteiger partial charge in [-0.2, -0.15) is 0 Å². The molecular formula is C22H27N3O4S2. The fraction of sp³-hybridized carbons (Fsp3) is 0.455. The van der Waals surface area contributed by atoms with Crippen LogP contribution in [-0.4, -0.2) is 50.5 Å². The van der Waals surface area contributed by atoms with Gasteiger partial charge < -0.3 is 5.32 Å². The Morgan fingerprint density at radius 2 is 1.87 bits per heavy atom. The van der Waals surface area contributed by atoms with Crippen LogP contribution in [0.1, 0.15) is 47.5 Å². The smallest absolute Gasteiger partial charge is 0.251 e. The molecule has 2 atom stereocenters. The van der Waals surface area contributed by atoms with Crippen LogP contribution in [0.15, 0.2) is 41.8 Å². The van der Waals surface area contributed by atoms with Crippen molar-refractivity contribution in [2.75, 3.05) is 29.7 Å². The Bertz CT molecular complexity index is 1030. The Balaban J connectivity index is 1.44. The first kappa shape index (κ1) is 22.0. The molecule has 1 aromatic heterocycles. The van der Waals surface area contributed by atoms with Crippen LogP contribution in [0, 0.1) is 5.92 Å². The highest BCUT2D eigenvalue weighted by molar-refractivity contribution is 7.94. The Morgan fingerprint density at radius 3 is 2.45 bits per heavy atom. The van der Waals surface area contributed by atoms with E-state index >= 15 is 0 Å². The van der Waals surface area contributed by atoms with E-state index in [1.165, 1.54) is 36.3 Å². The number of hydrogen-bond acceptors (Lipinski definition) is 6. The highest BCUT2D eigenvalue weighted by Gasteiger charge is 2.41. The van der Waals surface area contributed by atoms with Gasteiger partial charge in [-0.25, -0.2) is 12.7 Å². The average molecular weight is 462 g/mol. The summed E-state index contributed by atoms with van der Waals surface area (Å²) in [4.78, 5) is 28.7. The zero-order chi connectivity index (χ0) is 22.0. The van der Waals surface area contributed by atoms with Crippen molar-refractivity contribution in [3.63, 3.8) is 0 Å².